The van der Waals surface area contributed by atoms with Crippen molar-refractivity contribution < 1.29 is 4.74 Å². The van der Waals surface area contributed by atoms with Gasteiger partial charge < -0.3 is 10.5 Å². The summed E-state index contributed by atoms with van der Waals surface area (Å²) >= 11 is 0. The fourth-order valence-corrected chi connectivity index (χ4v) is 2.34. The molecule has 0 amide bonds. The van der Waals surface area contributed by atoms with Gasteiger partial charge in [-0.2, -0.15) is 0 Å². The van der Waals surface area contributed by atoms with E-state index in [0.717, 1.165) is 24.5 Å². The van der Waals surface area contributed by atoms with Gasteiger partial charge >= 0.3 is 0 Å². The summed E-state index contributed by atoms with van der Waals surface area (Å²) in [6.07, 6.45) is 6.13. The molecule has 0 spiro atoms. The van der Waals surface area contributed by atoms with E-state index in [0.29, 0.717) is 6.54 Å². The number of hydrogen-bond acceptors (Lipinski definition) is 4. The van der Waals surface area contributed by atoms with E-state index in [1.54, 1.807) is 18.6 Å². The van der Waals surface area contributed by atoms with E-state index in [1.165, 1.54) is 11.1 Å². The second-order valence-corrected chi connectivity index (χ2v) is 4.38. The topological polar surface area (TPSA) is 61.0 Å². The normalized spacial score (nSPS) is 14.9. The number of benzene rings is 1. The first-order valence-electron chi connectivity index (χ1n) is 6.10. The molecule has 4 nitrogen and oxygen atoms in total. The molecule has 4 heteroatoms. The molecule has 1 aliphatic heterocycles. The van der Waals surface area contributed by atoms with Crippen molar-refractivity contribution in [2.24, 2.45) is 5.73 Å². The van der Waals surface area contributed by atoms with Gasteiger partial charge in [0.1, 0.15) is 5.75 Å². The SMILES string of the molecule is NCC(c1ccc2c(c1)CCO2)c1cnccn1. The molecular formula is C14H15N3O. The summed E-state index contributed by atoms with van der Waals surface area (Å²) < 4.78 is 5.51. The number of nitrogens with zero attached hydrogens (tertiary/aromatic N) is 2. The van der Waals surface area contributed by atoms with Gasteiger partial charge in [-0.3, -0.25) is 9.97 Å². The third kappa shape index (κ3) is 1.95. The van der Waals surface area contributed by atoms with Crippen LogP contribution in [0.15, 0.2) is 36.8 Å². The molecule has 2 N–H and O–H groups in total. The minimum atomic E-state index is 0.101. The molecule has 1 atom stereocenters. The Labute approximate surface area is 106 Å². The number of rotatable bonds is 3. The van der Waals surface area contributed by atoms with E-state index in [2.05, 4.69) is 22.1 Å². The summed E-state index contributed by atoms with van der Waals surface area (Å²) in [4.78, 5) is 8.45. The lowest BCUT2D eigenvalue weighted by atomic mass is 9.94. The molecule has 1 aromatic heterocycles. The van der Waals surface area contributed by atoms with Gasteiger partial charge in [0.25, 0.3) is 0 Å². The van der Waals surface area contributed by atoms with E-state index >= 15 is 0 Å². The molecule has 1 aliphatic rings. The fraction of sp³-hybridized carbons (Fsp3) is 0.286. The number of aromatic nitrogens is 2. The third-order valence-electron chi connectivity index (χ3n) is 3.29. The molecule has 0 fully saturated rings. The van der Waals surface area contributed by atoms with Crippen molar-refractivity contribution in [1.82, 2.24) is 9.97 Å². The van der Waals surface area contributed by atoms with E-state index in [-0.39, 0.29) is 5.92 Å². The molecule has 1 aromatic carbocycles. The molecule has 18 heavy (non-hydrogen) atoms. The van der Waals surface area contributed by atoms with Gasteiger partial charge in [0, 0.05) is 37.5 Å². The van der Waals surface area contributed by atoms with Gasteiger partial charge in [0.15, 0.2) is 0 Å². The maximum Gasteiger partial charge on any atom is 0.122 e. The van der Waals surface area contributed by atoms with Gasteiger partial charge in [-0.1, -0.05) is 12.1 Å². The Kier molecular flexibility index (Phi) is 2.94. The zero-order chi connectivity index (χ0) is 12.4. The fourth-order valence-electron chi connectivity index (χ4n) is 2.34. The quantitative estimate of drug-likeness (QED) is 0.884. The highest BCUT2D eigenvalue weighted by Gasteiger charge is 2.18. The number of hydrogen-bond donors (Lipinski definition) is 1. The minimum absolute atomic E-state index is 0.101. The maximum atomic E-state index is 5.88. The smallest absolute Gasteiger partial charge is 0.122 e. The molecule has 2 aromatic rings. The Morgan fingerprint density at radius 2 is 2.28 bits per heavy atom. The van der Waals surface area contributed by atoms with Crippen LogP contribution in [0.3, 0.4) is 0 Å². The molecule has 0 saturated carbocycles. The van der Waals surface area contributed by atoms with E-state index in [4.69, 9.17) is 10.5 Å². The third-order valence-corrected chi connectivity index (χ3v) is 3.29. The molecule has 0 bridgehead atoms. The maximum absolute atomic E-state index is 5.88. The minimum Gasteiger partial charge on any atom is -0.493 e. The Morgan fingerprint density at radius 3 is 3.06 bits per heavy atom. The van der Waals surface area contributed by atoms with Gasteiger partial charge in [-0.25, -0.2) is 0 Å². The monoisotopic (exact) mass is 241 g/mol. The summed E-state index contributed by atoms with van der Waals surface area (Å²) in [5.74, 6) is 1.10. The lowest BCUT2D eigenvalue weighted by Gasteiger charge is -2.15. The lowest BCUT2D eigenvalue weighted by molar-refractivity contribution is 0.357. The predicted octanol–water partition coefficient (Wildman–Crippen LogP) is 1.50. The summed E-state index contributed by atoms with van der Waals surface area (Å²) in [5, 5.41) is 0. The highest BCUT2D eigenvalue weighted by atomic mass is 16.5. The van der Waals surface area contributed by atoms with Crippen molar-refractivity contribution in [3.8, 4) is 5.75 Å². The zero-order valence-corrected chi connectivity index (χ0v) is 10.0. The molecule has 3 rings (SSSR count). The summed E-state index contributed by atoms with van der Waals surface area (Å²) in [7, 11) is 0. The number of fused-ring (bicyclic) bond motifs is 1. The first-order chi connectivity index (χ1) is 8.88. The van der Waals surface area contributed by atoms with Crippen molar-refractivity contribution in [2.45, 2.75) is 12.3 Å². The molecule has 1 unspecified atom stereocenters. The first-order valence-corrected chi connectivity index (χ1v) is 6.10. The Hall–Kier alpha value is -1.94. The highest BCUT2D eigenvalue weighted by molar-refractivity contribution is 5.42. The largest absolute Gasteiger partial charge is 0.493 e. The van der Waals surface area contributed by atoms with Crippen molar-refractivity contribution in [1.29, 1.82) is 0 Å². The summed E-state index contributed by atoms with van der Waals surface area (Å²) in [6, 6.07) is 6.27. The van der Waals surface area contributed by atoms with E-state index in [1.807, 2.05) is 6.07 Å². The Morgan fingerprint density at radius 1 is 1.33 bits per heavy atom. The molecule has 0 radical (unpaired) electrons. The van der Waals surface area contributed by atoms with Crippen molar-refractivity contribution in [2.75, 3.05) is 13.2 Å². The van der Waals surface area contributed by atoms with E-state index < -0.39 is 0 Å². The number of nitrogens with two attached hydrogens (primary N) is 1. The summed E-state index contributed by atoms with van der Waals surface area (Å²) in [6.45, 7) is 1.30. The summed E-state index contributed by atoms with van der Waals surface area (Å²) in [5.41, 5.74) is 9.24. The molecule has 0 aliphatic carbocycles. The molecule has 2 heterocycles. The standard InChI is InChI=1S/C14H15N3O/c15-8-12(13-9-16-4-5-17-13)10-1-2-14-11(7-10)3-6-18-14/h1-2,4-5,7,9,12H,3,6,8,15H2. The highest BCUT2D eigenvalue weighted by Crippen LogP contribution is 2.30. The molecule has 92 valence electrons. The van der Waals surface area contributed by atoms with E-state index in [9.17, 15) is 0 Å². The van der Waals surface area contributed by atoms with Crippen LogP contribution in [0.4, 0.5) is 0 Å². The van der Waals surface area contributed by atoms with Crippen LogP contribution in [0, 0.1) is 0 Å². The van der Waals surface area contributed by atoms with Crippen molar-refractivity contribution >= 4 is 0 Å². The second-order valence-electron chi connectivity index (χ2n) is 4.38. The van der Waals surface area contributed by atoms with Crippen LogP contribution in [0.2, 0.25) is 0 Å². The first kappa shape index (κ1) is 11.2. The Balaban J connectivity index is 1.97. The lowest BCUT2D eigenvalue weighted by Crippen LogP contribution is -2.15. The number of ether oxygens (including phenoxy) is 1. The average molecular weight is 241 g/mol. The van der Waals surface area contributed by atoms with Crippen LogP contribution in [-0.4, -0.2) is 23.1 Å². The predicted molar refractivity (Wildman–Crippen MR) is 68.6 cm³/mol. The van der Waals surface area contributed by atoms with Gasteiger partial charge in [0.2, 0.25) is 0 Å². The molecular weight excluding hydrogens is 226 g/mol. The molecule has 0 saturated heterocycles. The van der Waals surface area contributed by atoms with Crippen LogP contribution >= 0.6 is 0 Å². The Bertz CT molecular complexity index is 542. The van der Waals surface area contributed by atoms with Crippen LogP contribution < -0.4 is 10.5 Å². The van der Waals surface area contributed by atoms with Crippen molar-refractivity contribution in [3.05, 3.63) is 53.6 Å². The van der Waals surface area contributed by atoms with Crippen LogP contribution in [-0.2, 0) is 6.42 Å². The van der Waals surface area contributed by atoms with Gasteiger partial charge in [-0.05, 0) is 17.2 Å². The zero-order valence-electron chi connectivity index (χ0n) is 10.0. The second kappa shape index (κ2) is 4.74. The van der Waals surface area contributed by atoms with Crippen LogP contribution in [0.1, 0.15) is 22.7 Å². The van der Waals surface area contributed by atoms with Crippen molar-refractivity contribution in [3.63, 3.8) is 0 Å². The van der Waals surface area contributed by atoms with Gasteiger partial charge in [0.05, 0.1) is 12.3 Å². The average Bonchev–Trinajstić information content (AvgIpc) is 2.88. The van der Waals surface area contributed by atoms with Crippen LogP contribution in [0.5, 0.6) is 5.75 Å². The van der Waals surface area contributed by atoms with Crippen LogP contribution in [0.25, 0.3) is 0 Å². The van der Waals surface area contributed by atoms with Gasteiger partial charge in [-0.15, -0.1) is 0 Å².